The van der Waals surface area contributed by atoms with Gasteiger partial charge in [-0.3, -0.25) is 4.79 Å². The van der Waals surface area contributed by atoms with E-state index < -0.39 is 0 Å². The summed E-state index contributed by atoms with van der Waals surface area (Å²) >= 11 is 9.97. The molecule has 0 aliphatic rings. The first kappa shape index (κ1) is 19.3. The van der Waals surface area contributed by atoms with Crippen molar-refractivity contribution in [2.24, 2.45) is 0 Å². The van der Waals surface area contributed by atoms with Crippen LogP contribution >= 0.6 is 27.5 Å². The number of benzene rings is 4. The van der Waals surface area contributed by atoms with Gasteiger partial charge in [-0.05, 0) is 75.2 Å². The molecule has 4 nitrogen and oxygen atoms in total. The number of hydrogen-bond donors (Lipinski definition) is 2. The fourth-order valence-electron chi connectivity index (χ4n) is 2.89. The molecule has 4 rings (SSSR count). The number of rotatable bonds is 4. The molecule has 0 bridgehead atoms. The second-order valence-corrected chi connectivity index (χ2v) is 7.55. The maximum Gasteiger partial charge on any atom is 0.255 e. The Hall–Kier alpha value is -3.02. The van der Waals surface area contributed by atoms with E-state index in [1.54, 1.807) is 30.3 Å². The van der Waals surface area contributed by atoms with Gasteiger partial charge in [-0.2, -0.15) is 0 Å². The molecule has 0 unspecified atom stereocenters. The standard InChI is InChI=1S/C23H15BrClNO3/c24-22-18-4-2-1-3-14(18)7-11-21(22)29-20-12-8-16(13-19(20)25)26-23(28)15-5-9-17(27)10-6-15/h1-13,27H,(H,26,28). The Kier molecular flexibility index (Phi) is 5.43. The summed E-state index contributed by atoms with van der Waals surface area (Å²) < 4.78 is 6.83. The number of ether oxygens (including phenoxy) is 1. The highest BCUT2D eigenvalue weighted by Gasteiger charge is 2.12. The molecule has 4 aromatic carbocycles. The molecule has 29 heavy (non-hydrogen) atoms. The Balaban J connectivity index is 1.54. The van der Waals surface area contributed by atoms with Crippen molar-refractivity contribution in [3.8, 4) is 17.2 Å². The second-order valence-electron chi connectivity index (χ2n) is 6.35. The van der Waals surface area contributed by atoms with Gasteiger partial charge < -0.3 is 15.2 Å². The van der Waals surface area contributed by atoms with Crippen molar-refractivity contribution in [1.82, 2.24) is 0 Å². The van der Waals surface area contributed by atoms with Crippen LogP contribution in [0.25, 0.3) is 10.8 Å². The first-order valence-electron chi connectivity index (χ1n) is 8.76. The second kappa shape index (κ2) is 8.15. The van der Waals surface area contributed by atoms with Crippen molar-refractivity contribution >= 4 is 49.9 Å². The van der Waals surface area contributed by atoms with Gasteiger partial charge in [0.05, 0.1) is 9.50 Å². The van der Waals surface area contributed by atoms with Crippen LogP contribution in [0.4, 0.5) is 5.69 Å². The van der Waals surface area contributed by atoms with Crippen LogP contribution in [-0.4, -0.2) is 11.0 Å². The highest BCUT2D eigenvalue weighted by molar-refractivity contribution is 9.10. The number of aromatic hydroxyl groups is 1. The van der Waals surface area contributed by atoms with E-state index in [0.29, 0.717) is 27.8 Å². The Labute approximate surface area is 180 Å². The first-order valence-corrected chi connectivity index (χ1v) is 9.93. The van der Waals surface area contributed by atoms with E-state index >= 15 is 0 Å². The normalized spacial score (nSPS) is 10.7. The van der Waals surface area contributed by atoms with Gasteiger partial charge in [0, 0.05) is 11.3 Å². The van der Waals surface area contributed by atoms with E-state index in [2.05, 4.69) is 21.2 Å². The van der Waals surface area contributed by atoms with Crippen LogP contribution in [0.2, 0.25) is 5.02 Å². The van der Waals surface area contributed by atoms with E-state index in [1.165, 1.54) is 12.1 Å². The van der Waals surface area contributed by atoms with E-state index in [1.807, 2.05) is 36.4 Å². The highest BCUT2D eigenvalue weighted by atomic mass is 79.9. The van der Waals surface area contributed by atoms with Gasteiger partial charge in [0.25, 0.3) is 5.91 Å². The summed E-state index contributed by atoms with van der Waals surface area (Å²) in [4.78, 5) is 12.3. The molecule has 6 heteroatoms. The van der Waals surface area contributed by atoms with Gasteiger partial charge in [0.15, 0.2) is 0 Å². The minimum atomic E-state index is -0.299. The summed E-state index contributed by atoms with van der Waals surface area (Å²) in [6.45, 7) is 0. The number of phenols is 1. The molecule has 1 amide bonds. The van der Waals surface area contributed by atoms with Gasteiger partial charge in [-0.15, -0.1) is 0 Å². The predicted octanol–water partition coefficient (Wildman–Crippen LogP) is 7.01. The molecule has 144 valence electrons. The van der Waals surface area contributed by atoms with Gasteiger partial charge in [-0.25, -0.2) is 0 Å². The van der Waals surface area contributed by atoms with Crippen LogP contribution in [0, 0.1) is 0 Å². The summed E-state index contributed by atoms with van der Waals surface area (Å²) in [5.41, 5.74) is 0.970. The Morgan fingerprint density at radius 3 is 2.41 bits per heavy atom. The third kappa shape index (κ3) is 4.21. The number of hydrogen-bond acceptors (Lipinski definition) is 3. The molecule has 0 atom stereocenters. The molecule has 0 aliphatic carbocycles. The lowest BCUT2D eigenvalue weighted by Crippen LogP contribution is -2.11. The highest BCUT2D eigenvalue weighted by Crippen LogP contribution is 2.38. The molecule has 4 aromatic rings. The van der Waals surface area contributed by atoms with Crippen LogP contribution in [0.1, 0.15) is 10.4 Å². The first-order chi connectivity index (χ1) is 14.0. The lowest BCUT2D eigenvalue weighted by atomic mass is 10.1. The molecule has 0 saturated carbocycles. The van der Waals surface area contributed by atoms with Gasteiger partial charge in [0.1, 0.15) is 17.2 Å². The minimum absolute atomic E-state index is 0.103. The number of carbonyl (C=O) groups excluding carboxylic acids is 1. The Bertz CT molecular complexity index is 1210. The largest absolute Gasteiger partial charge is 0.508 e. The lowest BCUT2D eigenvalue weighted by Gasteiger charge is -2.13. The maximum absolute atomic E-state index is 12.3. The predicted molar refractivity (Wildman–Crippen MR) is 119 cm³/mol. The van der Waals surface area contributed by atoms with Crippen molar-refractivity contribution in [3.05, 3.63) is 93.9 Å². The number of anilines is 1. The molecule has 0 radical (unpaired) electrons. The van der Waals surface area contributed by atoms with Crippen molar-refractivity contribution in [2.75, 3.05) is 5.32 Å². The smallest absolute Gasteiger partial charge is 0.255 e. The van der Waals surface area contributed by atoms with Crippen molar-refractivity contribution < 1.29 is 14.6 Å². The molecule has 0 heterocycles. The number of fused-ring (bicyclic) bond motifs is 1. The van der Waals surface area contributed by atoms with Crippen LogP contribution < -0.4 is 10.1 Å². The van der Waals surface area contributed by atoms with Crippen LogP contribution in [0.5, 0.6) is 17.2 Å². The Morgan fingerprint density at radius 2 is 1.66 bits per heavy atom. The average Bonchev–Trinajstić information content (AvgIpc) is 2.72. The summed E-state index contributed by atoms with van der Waals surface area (Å²) in [5, 5.41) is 14.6. The quantitative estimate of drug-likeness (QED) is 0.339. The van der Waals surface area contributed by atoms with Crippen LogP contribution in [0.15, 0.2) is 83.3 Å². The fourth-order valence-corrected chi connectivity index (χ4v) is 3.68. The van der Waals surface area contributed by atoms with E-state index in [0.717, 1.165) is 15.2 Å². The summed E-state index contributed by atoms with van der Waals surface area (Å²) in [6.07, 6.45) is 0. The third-order valence-electron chi connectivity index (χ3n) is 4.37. The monoisotopic (exact) mass is 467 g/mol. The zero-order valence-corrected chi connectivity index (χ0v) is 17.4. The average molecular weight is 469 g/mol. The molecule has 0 aliphatic heterocycles. The number of phenolic OH excluding ortho intramolecular Hbond substituents is 1. The molecule has 2 N–H and O–H groups in total. The van der Waals surface area contributed by atoms with Gasteiger partial charge in [-0.1, -0.05) is 41.9 Å². The SMILES string of the molecule is O=C(Nc1ccc(Oc2ccc3ccccc3c2Br)c(Cl)c1)c1ccc(O)cc1. The molecule has 0 saturated heterocycles. The minimum Gasteiger partial charge on any atom is -0.508 e. The number of halogens is 2. The molecule has 0 fully saturated rings. The lowest BCUT2D eigenvalue weighted by molar-refractivity contribution is 0.102. The topological polar surface area (TPSA) is 58.6 Å². The Morgan fingerprint density at radius 1 is 0.931 bits per heavy atom. The van der Waals surface area contributed by atoms with Gasteiger partial charge >= 0.3 is 0 Å². The van der Waals surface area contributed by atoms with E-state index in [-0.39, 0.29) is 11.7 Å². The molecule has 0 aromatic heterocycles. The number of carbonyl (C=O) groups is 1. The third-order valence-corrected chi connectivity index (χ3v) is 5.48. The summed E-state index contributed by atoms with van der Waals surface area (Å²) in [7, 11) is 0. The zero-order chi connectivity index (χ0) is 20.4. The molecule has 0 spiro atoms. The fraction of sp³-hybridized carbons (Fsp3) is 0. The summed E-state index contributed by atoms with van der Waals surface area (Å²) in [6, 6.07) is 22.9. The van der Waals surface area contributed by atoms with Crippen molar-refractivity contribution in [1.29, 1.82) is 0 Å². The molecular weight excluding hydrogens is 454 g/mol. The maximum atomic E-state index is 12.3. The van der Waals surface area contributed by atoms with E-state index in [4.69, 9.17) is 16.3 Å². The zero-order valence-electron chi connectivity index (χ0n) is 15.0. The molecular formula is C23H15BrClNO3. The van der Waals surface area contributed by atoms with E-state index in [9.17, 15) is 9.90 Å². The number of amides is 1. The van der Waals surface area contributed by atoms with Crippen molar-refractivity contribution in [3.63, 3.8) is 0 Å². The summed E-state index contributed by atoms with van der Waals surface area (Å²) in [5.74, 6) is 0.926. The number of nitrogens with one attached hydrogen (secondary N) is 1. The van der Waals surface area contributed by atoms with Crippen molar-refractivity contribution in [2.45, 2.75) is 0 Å². The van der Waals surface area contributed by atoms with Crippen LogP contribution in [0.3, 0.4) is 0 Å². The van der Waals surface area contributed by atoms with Crippen LogP contribution in [-0.2, 0) is 0 Å². The van der Waals surface area contributed by atoms with Gasteiger partial charge in [0.2, 0.25) is 0 Å².